The number of benzene rings is 1. The number of esters is 1. The number of carboxylic acids is 1. The molecule has 0 radical (unpaired) electrons. The van der Waals surface area contributed by atoms with Crippen LogP contribution in [0.1, 0.15) is 76.2 Å². The van der Waals surface area contributed by atoms with Crippen molar-refractivity contribution in [2.24, 2.45) is 23.7 Å². The largest absolute Gasteiger partial charge is 0.478 e. The van der Waals surface area contributed by atoms with Gasteiger partial charge in [-0.05, 0) is 86.5 Å². The van der Waals surface area contributed by atoms with Gasteiger partial charge in [-0.1, -0.05) is 31.4 Å². The van der Waals surface area contributed by atoms with Crippen LogP contribution in [0.5, 0.6) is 5.75 Å². The minimum Gasteiger partial charge on any atom is -0.478 e. The number of ether oxygens (including phenoxy) is 1. The standard InChI is InChI=1S/C26H33F3O4/c27-26(28,29)17-1-2-18-3-8-20(9-4-18)21-10-12-22(13-11-21)25(32)33-23-14-5-19(6-15-23)7-16-24(30)31/h5-7,14-16,18,20-22H,1-4,8-13,17H2,(H,30,31). The summed E-state index contributed by atoms with van der Waals surface area (Å²) in [5.41, 5.74) is 0.716. The van der Waals surface area contributed by atoms with Gasteiger partial charge in [-0.2, -0.15) is 13.2 Å². The molecule has 0 spiro atoms. The van der Waals surface area contributed by atoms with Gasteiger partial charge in [0.15, 0.2) is 0 Å². The molecule has 2 aliphatic rings. The Balaban J connectivity index is 1.37. The number of carboxylic acid groups (broad SMARTS) is 1. The molecule has 0 amide bonds. The lowest BCUT2D eigenvalue weighted by atomic mass is 9.68. The molecule has 182 valence electrons. The lowest BCUT2D eigenvalue weighted by Crippen LogP contribution is -2.30. The van der Waals surface area contributed by atoms with Gasteiger partial charge in [-0.15, -0.1) is 0 Å². The van der Waals surface area contributed by atoms with Crippen LogP contribution >= 0.6 is 0 Å². The molecule has 2 saturated carbocycles. The third-order valence-corrected chi connectivity index (χ3v) is 7.25. The van der Waals surface area contributed by atoms with Gasteiger partial charge in [0, 0.05) is 12.5 Å². The van der Waals surface area contributed by atoms with E-state index in [1.165, 1.54) is 6.08 Å². The van der Waals surface area contributed by atoms with E-state index in [0.717, 1.165) is 57.4 Å². The van der Waals surface area contributed by atoms with E-state index in [4.69, 9.17) is 9.84 Å². The second kappa shape index (κ2) is 11.7. The molecule has 2 aliphatic carbocycles. The highest BCUT2D eigenvalue weighted by Crippen LogP contribution is 2.42. The number of halogens is 3. The predicted octanol–water partition coefficient (Wildman–Crippen LogP) is 7.04. The number of carbonyl (C=O) groups excluding carboxylic acids is 1. The third-order valence-electron chi connectivity index (χ3n) is 7.25. The molecule has 1 aromatic carbocycles. The van der Waals surface area contributed by atoms with Crippen LogP contribution < -0.4 is 4.74 Å². The number of carbonyl (C=O) groups is 2. The summed E-state index contributed by atoms with van der Waals surface area (Å²) in [6, 6.07) is 6.74. The Morgan fingerprint density at radius 3 is 2.06 bits per heavy atom. The minimum atomic E-state index is -4.04. The molecule has 4 nitrogen and oxygen atoms in total. The topological polar surface area (TPSA) is 63.6 Å². The van der Waals surface area contributed by atoms with Crippen LogP contribution in [0.3, 0.4) is 0 Å². The van der Waals surface area contributed by atoms with Crippen molar-refractivity contribution in [3.8, 4) is 5.75 Å². The number of alkyl halides is 3. The van der Waals surface area contributed by atoms with Gasteiger partial charge in [0.05, 0.1) is 5.92 Å². The molecule has 0 saturated heterocycles. The van der Waals surface area contributed by atoms with E-state index in [1.54, 1.807) is 24.3 Å². The number of hydrogen-bond donors (Lipinski definition) is 1. The molecular weight excluding hydrogens is 433 g/mol. The van der Waals surface area contributed by atoms with E-state index in [2.05, 4.69) is 0 Å². The maximum Gasteiger partial charge on any atom is 0.389 e. The first-order valence-electron chi connectivity index (χ1n) is 12.0. The Bertz CT molecular complexity index is 800. The van der Waals surface area contributed by atoms with Gasteiger partial charge in [0.2, 0.25) is 0 Å². The molecular formula is C26H33F3O4. The van der Waals surface area contributed by atoms with Crippen LogP contribution in [-0.2, 0) is 9.59 Å². The van der Waals surface area contributed by atoms with Crippen molar-refractivity contribution >= 4 is 18.0 Å². The number of aliphatic carboxylic acids is 1. The zero-order valence-electron chi connectivity index (χ0n) is 18.9. The van der Waals surface area contributed by atoms with Crippen molar-refractivity contribution in [2.75, 3.05) is 0 Å². The van der Waals surface area contributed by atoms with Gasteiger partial charge in [0.25, 0.3) is 0 Å². The lowest BCUT2D eigenvalue weighted by Gasteiger charge is -2.37. The number of hydrogen-bond acceptors (Lipinski definition) is 3. The molecule has 0 heterocycles. The quantitative estimate of drug-likeness (QED) is 0.254. The summed E-state index contributed by atoms with van der Waals surface area (Å²) in [4.78, 5) is 23.1. The monoisotopic (exact) mass is 466 g/mol. The fourth-order valence-electron chi connectivity index (χ4n) is 5.38. The van der Waals surface area contributed by atoms with Crippen molar-refractivity contribution < 1.29 is 32.6 Å². The predicted molar refractivity (Wildman–Crippen MR) is 120 cm³/mol. The average Bonchev–Trinajstić information content (AvgIpc) is 2.78. The smallest absolute Gasteiger partial charge is 0.389 e. The zero-order chi connectivity index (χ0) is 23.8. The molecule has 0 unspecified atom stereocenters. The summed E-state index contributed by atoms with van der Waals surface area (Å²) in [7, 11) is 0. The van der Waals surface area contributed by atoms with Crippen molar-refractivity contribution in [3.63, 3.8) is 0 Å². The highest BCUT2D eigenvalue weighted by molar-refractivity contribution is 5.85. The second-order valence-electron chi connectivity index (χ2n) is 9.56. The van der Waals surface area contributed by atoms with E-state index in [-0.39, 0.29) is 18.3 Å². The summed E-state index contributed by atoms with van der Waals surface area (Å²) in [5, 5.41) is 8.67. The average molecular weight is 467 g/mol. The Labute approximate surface area is 193 Å². The van der Waals surface area contributed by atoms with E-state index in [9.17, 15) is 22.8 Å². The Morgan fingerprint density at radius 1 is 0.939 bits per heavy atom. The Kier molecular flexibility index (Phi) is 8.98. The maximum atomic E-state index is 12.6. The minimum absolute atomic E-state index is 0.105. The van der Waals surface area contributed by atoms with E-state index >= 15 is 0 Å². The van der Waals surface area contributed by atoms with E-state index < -0.39 is 18.6 Å². The number of rotatable bonds is 8. The van der Waals surface area contributed by atoms with Crippen LogP contribution in [0, 0.1) is 23.7 Å². The fourth-order valence-corrected chi connectivity index (χ4v) is 5.38. The zero-order valence-corrected chi connectivity index (χ0v) is 18.9. The van der Waals surface area contributed by atoms with Gasteiger partial charge >= 0.3 is 18.1 Å². The molecule has 0 aliphatic heterocycles. The molecule has 3 rings (SSSR count). The van der Waals surface area contributed by atoms with E-state index in [0.29, 0.717) is 35.5 Å². The molecule has 0 atom stereocenters. The first-order valence-corrected chi connectivity index (χ1v) is 12.0. The molecule has 1 N–H and O–H groups in total. The Hall–Kier alpha value is -2.31. The molecule has 7 heteroatoms. The third kappa shape index (κ3) is 8.52. The van der Waals surface area contributed by atoms with Gasteiger partial charge in [-0.25, -0.2) is 4.79 Å². The second-order valence-corrected chi connectivity index (χ2v) is 9.56. The highest BCUT2D eigenvalue weighted by Gasteiger charge is 2.34. The summed E-state index contributed by atoms with van der Waals surface area (Å²) < 4.78 is 42.6. The highest BCUT2D eigenvalue weighted by atomic mass is 19.4. The van der Waals surface area contributed by atoms with Gasteiger partial charge in [-0.3, -0.25) is 4.79 Å². The molecule has 33 heavy (non-hydrogen) atoms. The fraction of sp³-hybridized carbons (Fsp3) is 0.615. The molecule has 2 fully saturated rings. The van der Waals surface area contributed by atoms with Crippen molar-refractivity contribution in [2.45, 2.75) is 76.8 Å². The first kappa shape index (κ1) is 25.3. The van der Waals surface area contributed by atoms with Crippen molar-refractivity contribution in [1.82, 2.24) is 0 Å². The Morgan fingerprint density at radius 2 is 1.52 bits per heavy atom. The van der Waals surface area contributed by atoms with Crippen molar-refractivity contribution in [3.05, 3.63) is 35.9 Å². The summed E-state index contributed by atoms with van der Waals surface area (Å²) in [5.74, 6) is 0.786. The van der Waals surface area contributed by atoms with Crippen LogP contribution in [-0.4, -0.2) is 23.2 Å². The van der Waals surface area contributed by atoms with Gasteiger partial charge in [0.1, 0.15) is 5.75 Å². The van der Waals surface area contributed by atoms with Crippen LogP contribution in [0.15, 0.2) is 30.3 Å². The summed E-state index contributed by atoms with van der Waals surface area (Å²) in [6.45, 7) is 0. The van der Waals surface area contributed by atoms with Crippen LogP contribution in [0.4, 0.5) is 13.2 Å². The van der Waals surface area contributed by atoms with Crippen LogP contribution in [0.25, 0.3) is 6.08 Å². The lowest BCUT2D eigenvalue weighted by molar-refractivity contribution is -0.140. The normalized spacial score (nSPS) is 26.3. The van der Waals surface area contributed by atoms with E-state index in [1.807, 2.05) is 0 Å². The molecule has 0 aromatic heterocycles. The maximum absolute atomic E-state index is 12.6. The van der Waals surface area contributed by atoms with Crippen LogP contribution in [0.2, 0.25) is 0 Å². The summed E-state index contributed by atoms with van der Waals surface area (Å²) >= 11 is 0. The van der Waals surface area contributed by atoms with Gasteiger partial charge < -0.3 is 9.84 Å². The van der Waals surface area contributed by atoms with Crippen molar-refractivity contribution in [1.29, 1.82) is 0 Å². The molecule has 0 bridgehead atoms. The summed E-state index contributed by atoms with van der Waals surface area (Å²) in [6.07, 6.45) is 6.63. The molecule has 1 aromatic rings. The first-order chi connectivity index (χ1) is 15.7. The SMILES string of the molecule is O=C(O)C=Cc1ccc(OC(=O)C2CCC(C3CCC(CCCC(F)(F)F)CC3)CC2)cc1.